The zero-order chi connectivity index (χ0) is 30.1. The van der Waals surface area contributed by atoms with E-state index in [-0.39, 0.29) is 29.3 Å². The van der Waals surface area contributed by atoms with E-state index >= 15 is 0 Å². The van der Waals surface area contributed by atoms with Crippen LogP contribution in [0.2, 0.25) is 0 Å². The summed E-state index contributed by atoms with van der Waals surface area (Å²) in [4.78, 5) is 19.1. The highest BCUT2D eigenvalue weighted by Gasteiger charge is 2.44. The van der Waals surface area contributed by atoms with Crippen LogP contribution in [0.3, 0.4) is 0 Å². The number of aliphatic hydroxyl groups excluding tert-OH is 1. The van der Waals surface area contributed by atoms with E-state index in [1.165, 1.54) is 11.4 Å². The molecule has 0 radical (unpaired) electrons. The minimum atomic E-state index is -0.546. The van der Waals surface area contributed by atoms with Gasteiger partial charge in [-0.05, 0) is 79.3 Å². The summed E-state index contributed by atoms with van der Waals surface area (Å²) in [5.41, 5.74) is 6.24. The fourth-order valence-electron chi connectivity index (χ4n) is 6.96. The van der Waals surface area contributed by atoms with Gasteiger partial charge in [-0.2, -0.15) is 15.0 Å². The number of fused-ring (bicyclic) bond motifs is 3. The first-order valence-corrected chi connectivity index (χ1v) is 15.6. The molecule has 1 aliphatic heterocycles. The van der Waals surface area contributed by atoms with Gasteiger partial charge >= 0.3 is 5.97 Å². The number of benzene rings is 3. The molecule has 0 amide bonds. The minimum absolute atomic E-state index is 0.0794. The summed E-state index contributed by atoms with van der Waals surface area (Å²) in [6.45, 7) is 7.68. The minimum Gasteiger partial charge on any atom is -0.466 e. The zero-order valence-electron chi connectivity index (χ0n) is 25.7. The summed E-state index contributed by atoms with van der Waals surface area (Å²) in [6.07, 6.45) is 2.91. The Balaban J connectivity index is 1.05. The van der Waals surface area contributed by atoms with E-state index in [2.05, 4.69) is 86.1 Å². The Morgan fingerprint density at radius 2 is 1.44 bits per heavy atom. The molecule has 1 saturated carbocycles. The number of rotatable bonds is 8. The van der Waals surface area contributed by atoms with Crippen molar-refractivity contribution >= 4 is 39.8 Å². The van der Waals surface area contributed by atoms with E-state index in [0.29, 0.717) is 13.0 Å². The molecule has 0 bridgehead atoms. The van der Waals surface area contributed by atoms with Crippen molar-refractivity contribution in [2.75, 3.05) is 30.0 Å². The molecule has 8 heteroatoms. The summed E-state index contributed by atoms with van der Waals surface area (Å²) in [5.74, 6) is 0.200. The van der Waals surface area contributed by atoms with Crippen LogP contribution in [0.5, 0.6) is 0 Å². The van der Waals surface area contributed by atoms with Crippen LogP contribution in [0.4, 0.5) is 22.7 Å². The van der Waals surface area contributed by atoms with Gasteiger partial charge in [0.1, 0.15) is 11.0 Å². The van der Waals surface area contributed by atoms with Crippen LogP contribution >= 0.6 is 0 Å². The molecule has 1 aromatic heterocycles. The number of aliphatic hydroxyl groups is 1. The molecule has 4 aromatic rings. The van der Waals surface area contributed by atoms with Crippen LogP contribution in [-0.4, -0.2) is 52.4 Å². The van der Waals surface area contributed by atoms with E-state index in [9.17, 15) is 9.90 Å². The number of aromatic nitrogens is 3. The predicted molar refractivity (Wildman–Crippen MR) is 171 cm³/mol. The Bertz CT molecular complexity index is 1500. The second-order valence-corrected chi connectivity index (χ2v) is 13.2. The molecule has 2 heterocycles. The van der Waals surface area contributed by atoms with E-state index in [1.54, 1.807) is 4.80 Å². The topological polar surface area (TPSA) is 83.7 Å². The molecule has 1 N–H and O–H groups in total. The number of nitrogens with zero attached hydrogens (tertiary/aromatic N) is 5. The number of anilines is 4. The summed E-state index contributed by atoms with van der Waals surface area (Å²) >= 11 is 0. The summed E-state index contributed by atoms with van der Waals surface area (Å²) in [5, 5.41) is 20.8. The van der Waals surface area contributed by atoms with Gasteiger partial charge in [0.25, 0.3) is 0 Å². The smallest absolute Gasteiger partial charge is 0.305 e. The van der Waals surface area contributed by atoms with Gasteiger partial charge in [0.15, 0.2) is 0 Å². The van der Waals surface area contributed by atoms with E-state index in [0.717, 1.165) is 54.6 Å². The molecule has 1 aliphatic carbocycles. The number of esters is 1. The van der Waals surface area contributed by atoms with Crippen LogP contribution in [0.1, 0.15) is 58.9 Å². The van der Waals surface area contributed by atoms with Crippen LogP contribution in [0.15, 0.2) is 72.8 Å². The third-order valence-corrected chi connectivity index (χ3v) is 9.29. The summed E-state index contributed by atoms with van der Waals surface area (Å²) in [6, 6.07) is 24.4. The van der Waals surface area contributed by atoms with Crippen LogP contribution < -0.4 is 9.80 Å². The van der Waals surface area contributed by atoms with E-state index < -0.39 is 6.10 Å². The van der Waals surface area contributed by atoms with Gasteiger partial charge < -0.3 is 19.6 Å². The van der Waals surface area contributed by atoms with Crippen LogP contribution in [-0.2, 0) is 9.53 Å². The molecule has 3 aromatic carbocycles. The molecular weight excluding hydrogens is 538 g/mol. The number of hydrogen-bond donors (Lipinski definition) is 1. The molecule has 0 spiro atoms. The molecule has 4 unspecified atom stereocenters. The first-order chi connectivity index (χ1) is 20.7. The lowest BCUT2D eigenvalue weighted by Crippen LogP contribution is -2.45. The van der Waals surface area contributed by atoms with Crippen molar-refractivity contribution in [3.8, 4) is 0 Å². The molecular formula is C35H43N5O3. The van der Waals surface area contributed by atoms with Crippen molar-refractivity contribution in [3.05, 3.63) is 72.8 Å². The third-order valence-electron chi connectivity index (χ3n) is 9.29. The lowest BCUT2D eigenvalue weighted by Gasteiger charge is -2.44. The van der Waals surface area contributed by atoms with Crippen molar-refractivity contribution in [2.45, 2.75) is 65.0 Å². The van der Waals surface area contributed by atoms with Crippen molar-refractivity contribution < 1.29 is 14.6 Å². The van der Waals surface area contributed by atoms with E-state index in [1.807, 2.05) is 24.3 Å². The van der Waals surface area contributed by atoms with Gasteiger partial charge in [-0.3, -0.25) is 4.79 Å². The largest absolute Gasteiger partial charge is 0.466 e. The molecule has 4 atom stereocenters. The molecule has 0 saturated heterocycles. The van der Waals surface area contributed by atoms with Crippen molar-refractivity contribution in [2.24, 2.45) is 17.3 Å². The van der Waals surface area contributed by atoms with Gasteiger partial charge in [-0.1, -0.05) is 57.2 Å². The molecule has 226 valence electrons. The lowest BCUT2D eigenvalue weighted by molar-refractivity contribution is -0.144. The Kier molecular flexibility index (Phi) is 8.14. The highest BCUT2D eigenvalue weighted by atomic mass is 16.5. The Morgan fingerprint density at radius 1 is 0.884 bits per heavy atom. The molecule has 43 heavy (non-hydrogen) atoms. The maximum Gasteiger partial charge on any atom is 0.305 e. The molecule has 8 nitrogen and oxygen atoms in total. The fraction of sp³-hybridized carbons (Fsp3) is 0.457. The third kappa shape index (κ3) is 5.98. The Labute approximate surface area is 254 Å². The number of carbonyl (C=O) groups excluding carboxylic acids is 1. The highest BCUT2D eigenvalue weighted by Crippen LogP contribution is 2.47. The Morgan fingerprint density at radius 3 is 2.02 bits per heavy atom. The van der Waals surface area contributed by atoms with Crippen LogP contribution in [0, 0.1) is 17.3 Å². The number of carbonyl (C=O) groups is 1. The van der Waals surface area contributed by atoms with Gasteiger partial charge in [0.05, 0.1) is 41.5 Å². The first kappa shape index (κ1) is 29.2. The van der Waals surface area contributed by atoms with Gasteiger partial charge in [-0.15, -0.1) is 0 Å². The van der Waals surface area contributed by atoms with Crippen LogP contribution in [0.25, 0.3) is 11.0 Å². The number of para-hydroxylation sites is 4. The second-order valence-electron chi connectivity index (χ2n) is 13.2. The maximum absolute atomic E-state index is 12.9. The van der Waals surface area contributed by atoms with Crippen molar-refractivity contribution in [1.82, 2.24) is 15.0 Å². The first-order valence-electron chi connectivity index (χ1n) is 15.6. The van der Waals surface area contributed by atoms with E-state index in [4.69, 9.17) is 14.9 Å². The molecule has 1 fully saturated rings. The van der Waals surface area contributed by atoms with Gasteiger partial charge in [-0.25, -0.2) is 0 Å². The molecule has 6 rings (SSSR count). The second kappa shape index (κ2) is 12.0. The lowest BCUT2D eigenvalue weighted by atomic mass is 9.65. The van der Waals surface area contributed by atoms with Gasteiger partial charge in [0, 0.05) is 20.0 Å². The standard InChI is InChI=1S/C35H43N5O3/c1-35(2,3)25-22-24(23-32(34(25)42)40-36-26-12-5-6-13-27(26)37-40)18-19-33(41)43-21-11-20-39-30-16-9-7-14-28(30)38(4)29-15-8-10-17-31(29)39/h5-10,12-17,24-25,32,34,42H,11,18-23H2,1-4H3. The zero-order valence-corrected chi connectivity index (χ0v) is 25.7. The summed E-state index contributed by atoms with van der Waals surface area (Å²) < 4.78 is 5.73. The Hall–Kier alpha value is -3.91. The van der Waals surface area contributed by atoms with Gasteiger partial charge in [0.2, 0.25) is 0 Å². The normalized spacial score (nSPS) is 21.9. The predicted octanol–water partition coefficient (Wildman–Crippen LogP) is 7.04. The highest BCUT2D eigenvalue weighted by molar-refractivity contribution is 5.92. The summed E-state index contributed by atoms with van der Waals surface area (Å²) in [7, 11) is 2.10. The molecule has 2 aliphatic rings. The average molecular weight is 582 g/mol. The SMILES string of the molecule is CN1c2ccccc2N(CCCOC(=O)CCC2CC(n3nc4ccccc4n3)C(O)C(C(C)(C)C)C2)c2ccccc21. The quantitative estimate of drug-likeness (QED) is 0.177. The average Bonchev–Trinajstić information content (AvgIpc) is 3.44. The monoisotopic (exact) mass is 581 g/mol. The number of hydrogen-bond acceptors (Lipinski definition) is 7. The number of ether oxygens (including phenoxy) is 1. The van der Waals surface area contributed by atoms with Crippen molar-refractivity contribution in [3.63, 3.8) is 0 Å². The fourth-order valence-corrected chi connectivity index (χ4v) is 6.96. The maximum atomic E-state index is 12.9. The van der Waals surface area contributed by atoms with Crippen molar-refractivity contribution in [1.29, 1.82) is 0 Å².